The third-order valence-electron chi connectivity index (χ3n) is 4.63. The summed E-state index contributed by atoms with van der Waals surface area (Å²) in [4.78, 5) is 1.85. The van der Waals surface area contributed by atoms with Crippen LogP contribution in [0.3, 0.4) is 0 Å². The molecule has 116 valence electrons. The van der Waals surface area contributed by atoms with Gasteiger partial charge in [-0.3, -0.25) is 4.90 Å². The van der Waals surface area contributed by atoms with Crippen molar-refractivity contribution in [3.05, 3.63) is 11.8 Å². The number of aromatic nitrogens is 2. The van der Waals surface area contributed by atoms with Crippen LogP contribution < -0.4 is 0 Å². The first-order chi connectivity index (χ1) is 10.1. The van der Waals surface area contributed by atoms with Crippen molar-refractivity contribution in [2.75, 3.05) is 19.8 Å². The molecule has 0 amide bonds. The zero-order valence-electron chi connectivity index (χ0n) is 11.8. The molecule has 7 heteroatoms. The van der Waals surface area contributed by atoms with Gasteiger partial charge in [-0.15, -0.1) is 10.2 Å². The van der Waals surface area contributed by atoms with E-state index < -0.39 is 12.0 Å². The number of halogens is 2. The maximum atomic E-state index is 13.9. The van der Waals surface area contributed by atoms with Crippen LogP contribution >= 0.6 is 0 Å². The summed E-state index contributed by atoms with van der Waals surface area (Å²) < 4.78 is 38.8. The predicted octanol–water partition coefficient (Wildman–Crippen LogP) is 2.51. The molecule has 0 unspecified atom stereocenters. The summed E-state index contributed by atoms with van der Waals surface area (Å²) in [5.41, 5.74) is 0. The Balaban J connectivity index is 1.57. The van der Waals surface area contributed by atoms with Gasteiger partial charge in [0.1, 0.15) is 0 Å². The Labute approximate surface area is 121 Å². The van der Waals surface area contributed by atoms with Crippen molar-refractivity contribution in [2.45, 2.75) is 56.0 Å². The van der Waals surface area contributed by atoms with Crippen molar-refractivity contribution < 1.29 is 17.9 Å². The summed E-state index contributed by atoms with van der Waals surface area (Å²) in [6, 6.07) is -0.337. The summed E-state index contributed by atoms with van der Waals surface area (Å²) in [6.45, 7) is 1.05. The van der Waals surface area contributed by atoms with Crippen molar-refractivity contribution in [3.63, 3.8) is 0 Å². The smallest absolute Gasteiger partial charge is 0.262 e. The summed E-state index contributed by atoms with van der Waals surface area (Å²) in [6.07, 6.45) is 3.47. The molecule has 4 rings (SSSR count). The highest BCUT2D eigenvalue weighted by Crippen LogP contribution is 2.45. The van der Waals surface area contributed by atoms with Crippen LogP contribution in [0.15, 0.2) is 4.42 Å². The lowest BCUT2D eigenvalue weighted by Gasteiger charge is -2.33. The van der Waals surface area contributed by atoms with Gasteiger partial charge in [0.25, 0.3) is 5.92 Å². The molecular weight excluding hydrogens is 280 g/mol. The fraction of sp³-hybridized carbons (Fsp3) is 0.857. The lowest BCUT2D eigenvalue weighted by Crippen LogP contribution is -2.40. The lowest BCUT2D eigenvalue weighted by molar-refractivity contribution is -0.00847. The molecular formula is C14H19F2N3O2. The number of alkyl halides is 2. The SMILES string of the molecule is FC1(F)C[C@@H](c2nnc(C3CC3)o2)N(C2CCOCC2)C1. The van der Waals surface area contributed by atoms with Gasteiger partial charge in [0, 0.05) is 31.6 Å². The molecule has 3 heterocycles. The molecule has 0 spiro atoms. The minimum atomic E-state index is -2.68. The Morgan fingerprint density at radius 1 is 1.05 bits per heavy atom. The van der Waals surface area contributed by atoms with E-state index in [9.17, 15) is 8.78 Å². The second kappa shape index (κ2) is 4.98. The zero-order valence-corrected chi connectivity index (χ0v) is 11.8. The molecule has 1 aromatic rings. The number of hydrogen-bond acceptors (Lipinski definition) is 5. The van der Waals surface area contributed by atoms with Gasteiger partial charge in [0.05, 0.1) is 12.6 Å². The third-order valence-corrected chi connectivity index (χ3v) is 4.63. The molecule has 21 heavy (non-hydrogen) atoms. The average Bonchev–Trinajstić information content (AvgIpc) is 3.11. The molecule has 1 aliphatic carbocycles. The maximum absolute atomic E-state index is 13.9. The minimum absolute atomic E-state index is 0.119. The van der Waals surface area contributed by atoms with E-state index in [1.165, 1.54) is 0 Å². The second-order valence-corrected chi connectivity index (χ2v) is 6.34. The minimum Gasteiger partial charge on any atom is -0.423 e. The molecule has 5 nitrogen and oxygen atoms in total. The molecule has 2 saturated heterocycles. The normalized spacial score (nSPS) is 30.9. The van der Waals surface area contributed by atoms with Crippen LogP contribution in [-0.2, 0) is 4.74 Å². The third kappa shape index (κ3) is 2.68. The van der Waals surface area contributed by atoms with Gasteiger partial charge < -0.3 is 9.15 Å². The van der Waals surface area contributed by atoms with Crippen molar-refractivity contribution in [3.8, 4) is 0 Å². The van der Waals surface area contributed by atoms with Crippen molar-refractivity contribution in [1.29, 1.82) is 0 Å². The van der Waals surface area contributed by atoms with E-state index >= 15 is 0 Å². The molecule has 3 fully saturated rings. The highest BCUT2D eigenvalue weighted by atomic mass is 19.3. The number of ether oxygens (including phenoxy) is 1. The number of nitrogens with zero attached hydrogens (tertiary/aromatic N) is 3. The highest BCUT2D eigenvalue weighted by Gasteiger charge is 2.50. The van der Waals surface area contributed by atoms with Crippen LogP contribution in [0, 0.1) is 0 Å². The van der Waals surface area contributed by atoms with Crippen LogP contribution in [0.25, 0.3) is 0 Å². The monoisotopic (exact) mass is 299 g/mol. The van der Waals surface area contributed by atoms with Gasteiger partial charge in [-0.1, -0.05) is 0 Å². The largest absolute Gasteiger partial charge is 0.423 e. The van der Waals surface area contributed by atoms with E-state index in [1.807, 2.05) is 4.90 Å². The van der Waals surface area contributed by atoms with Crippen molar-refractivity contribution in [2.24, 2.45) is 0 Å². The molecule has 1 aromatic heterocycles. The lowest BCUT2D eigenvalue weighted by atomic mass is 10.1. The van der Waals surface area contributed by atoms with E-state index in [-0.39, 0.29) is 19.0 Å². The van der Waals surface area contributed by atoms with Gasteiger partial charge in [0.15, 0.2) is 0 Å². The van der Waals surface area contributed by atoms with Gasteiger partial charge in [-0.25, -0.2) is 8.78 Å². The molecule has 0 radical (unpaired) electrons. The summed E-state index contributed by atoms with van der Waals surface area (Å²) >= 11 is 0. The van der Waals surface area contributed by atoms with Gasteiger partial charge >= 0.3 is 0 Å². The first kappa shape index (κ1) is 13.6. The topological polar surface area (TPSA) is 51.4 Å². The molecule has 3 aliphatic rings. The fourth-order valence-electron chi connectivity index (χ4n) is 3.35. The van der Waals surface area contributed by atoms with E-state index in [4.69, 9.17) is 9.15 Å². The van der Waals surface area contributed by atoms with Crippen molar-refractivity contribution >= 4 is 0 Å². The Hall–Kier alpha value is -1.08. The maximum Gasteiger partial charge on any atom is 0.262 e. The first-order valence-corrected chi connectivity index (χ1v) is 7.67. The van der Waals surface area contributed by atoms with Gasteiger partial charge in [-0.2, -0.15) is 0 Å². The molecule has 1 saturated carbocycles. The average molecular weight is 299 g/mol. The highest BCUT2D eigenvalue weighted by molar-refractivity contribution is 5.06. The fourth-order valence-corrected chi connectivity index (χ4v) is 3.35. The van der Waals surface area contributed by atoms with Crippen LogP contribution in [-0.4, -0.2) is 46.8 Å². The van der Waals surface area contributed by atoms with E-state index in [2.05, 4.69) is 10.2 Å². The zero-order chi connectivity index (χ0) is 14.4. The molecule has 2 aliphatic heterocycles. The quantitative estimate of drug-likeness (QED) is 0.858. The summed E-state index contributed by atoms with van der Waals surface area (Å²) in [5, 5.41) is 8.08. The van der Waals surface area contributed by atoms with Gasteiger partial charge in [0.2, 0.25) is 11.8 Å². The Bertz CT molecular complexity index is 512. The first-order valence-electron chi connectivity index (χ1n) is 7.67. The second-order valence-electron chi connectivity index (χ2n) is 6.34. The van der Waals surface area contributed by atoms with E-state index in [0.29, 0.717) is 30.9 Å². The Morgan fingerprint density at radius 2 is 1.76 bits per heavy atom. The van der Waals surface area contributed by atoms with Crippen LogP contribution in [0.1, 0.15) is 55.8 Å². The molecule has 0 bridgehead atoms. The van der Waals surface area contributed by atoms with Crippen molar-refractivity contribution in [1.82, 2.24) is 15.1 Å². The standard InChI is InChI=1S/C14H19F2N3O2/c15-14(16)7-11(13-18-17-12(21-13)9-1-2-9)19(8-14)10-3-5-20-6-4-10/h9-11H,1-8H2/t11-/m0/s1. The Morgan fingerprint density at radius 3 is 2.48 bits per heavy atom. The molecule has 0 N–H and O–H groups in total. The summed E-state index contributed by atoms with van der Waals surface area (Å²) in [5.74, 6) is -1.35. The predicted molar refractivity (Wildman–Crippen MR) is 69.1 cm³/mol. The number of rotatable bonds is 3. The molecule has 0 aromatic carbocycles. The van der Waals surface area contributed by atoms with Crippen LogP contribution in [0.2, 0.25) is 0 Å². The molecule has 1 atom stereocenters. The number of hydrogen-bond donors (Lipinski definition) is 0. The van der Waals surface area contributed by atoms with Crippen LogP contribution in [0.4, 0.5) is 8.78 Å². The van der Waals surface area contributed by atoms with E-state index in [0.717, 1.165) is 25.7 Å². The van der Waals surface area contributed by atoms with Crippen LogP contribution in [0.5, 0.6) is 0 Å². The Kier molecular flexibility index (Phi) is 3.22. The summed E-state index contributed by atoms with van der Waals surface area (Å²) in [7, 11) is 0. The van der Waals surface area contributed by atoms with E-state index in [1.54, 1.807) is 0 Å². The number of likely N-dealkylation sites (tertiary alicyclic amines) is 1. The van der Waals surface area contributed by atoms with Gasteiger partial charge in [-0.05, 0) is 25.7 Å².